The van der Waals surface area contributed by atoms with E-state index in [2.05, 4.69) is 15.5 Å². The summed E-state index contributed by atoms with van der Waals surface area (Å²) in [6.45, 7) is 0. The van der Waals surface area contributed by atoms with Crippen LogP contribution in [0.15, 0.2) is 66.9 Å². The molecule has 0 aliphatic rings. The summed E-state index contributed by atoms with van der Waals surface area (Å²) in [5.41, 5.74) is 3.25. The predicted molar refractivity (Wildman–Crippen MR) is 92.7 cm³/mol. The average molecular weight is 319 g/mol. The number of H-pyrrole nitrogens is 1. The molecule has 24 heavy (non-hydrogen) atoms. The van der Waals surface area contributed by atoms with Gasteiger partial charge < -0.3 is 5.32 Å². The highest BCUT2D eigenvalue weighted by Crippen LogP contribution is 2.19. The molecule has 0 spiro atoms. The molecule has 0 fully saturated rings. The molecule has 3 aromatic rings. The smallest absolute Gasteiger partial charge is 0.224 e. The largest absolute Gasteiger partial charge is 0.326 e. The SMILES string of the molecule is O=C(CCC(=O)c1ccccc1)Nc1ccc(-c2ccn[nH]2)cc1. The molecule has 5 heteroatoms. The Labute approximate surface area is 139 Å². The number of carbonyl (C=O) groups excluding carboxylic acids is 2. The fourth-order valence-electron chi connectivity index (χ4n) is 2.37. The first-order valence-corrected chi connectivity index (χ1v) is 7.70. The first-order valence-electron chi connectivity index (χ1n) is 7.70. The second kappa shape index (κ2) is 7.37. The van der Waals surface area contributed by atoms with Crippen molar-refractivity contribution in [2.45, 2.75) is 12.8 Å². The lowest BCUT2D eigenvalue weighted by molar-refractivity contribution is -0.116. The Kier molecular flexibility index (Phi) is 4.81. The molecule has 5 nitrogen and oxygen atoms in total. The second-order valence-corrected chi connectivity index (χ2v) is 5.39. The fraction of sp³-hybridized carbons (Fsp3) is 0.105. The van der Waals surface area contributed by atoms with E-state index < -0.39 is 0 Å². The Morgan fingerprint density at radius 3 is 2.33 bits per heavy atom. The van der Waals surface area contributed by atoms with Gasteiger partial charge in [-0.15, -0.1) is 0 Å². The molecule has 0 radical (unpaired) electrons. The number of carbonyl (C=O) groups is 2. The predicted octanol–water partition coefficient (Wildman–Crippen LogP) is 3.68. The van der Waals surface area contributed by atoms with E-state index >= 15 is 0 Å². The Bertz CT molecular complexity index is 810. The normalized spacial score (nSPS) is 10.3. The third-order valence-corrected chi connectivity index (χ3v) is 3.66. The van der Waals surface area contributed by atoms with Crippen LogP contribution in [-0.2, 0) is 4.79 Å². The summed E-state index contributed by atoms with van der Waals surface area (Å²) in [7, 11) is 0. The van der Waals surface area contributed by atoms with E-state index in [1.807, 2.05) is 48.5 Å². The van der Waals surface area contributed by atoms with Gasteiger partial charge in [0.25, 0.3) is 0 Å². The van der Waals surface area contributed by atoms with E-state index in [-0.39, 0.29) is 24.5 Å². The summed E-state index contributed by atoms with van der Waals surface area (Å²) in [6, 6.07) is 18.3. The maximum atomic E-state index is 12.0. The molecule has 120 valence electrons. The molecule has 0 aliphatic carbocycles. The van der Waals surface area contributed by atoms with Crippen molar-refractivity contribution in [3.63, 3.8) is 0 Å². The summed E-state index contributed by atoms with van der Waals surface area (Å²) in [6.07, 6.45) is 2.05. The molecule has 1 heterocycles. The van der Waals surface area contributed by atoms with Crippen LogP contribution < -0.4 is 5.32 Å². The minimum Gasteiger partial charge on any atom is -0.326 e. The number of Topliss-reactive ketones (excluding diaryl/α,β-unsaturated/α-hetero) is 1. The molecule has 0 aliphatic heterocycles. The van der Waals surface area contributed by atoms with Crippen molar-refractivity contribution >= 4 is 17.4 Å². The number of amides is 1. The summed E-state index contributed by atoms with van der Waals surface area (Å²) < 4.78 is 0. The standard InChI is InChI=1S/C19H17N3O2/c23-18(15-4-2-1-3-5-15)10-11-19(24)21-16-8-6-14(7-9-16)17-12-13-20-22-17/h1-9,12-13H,10-11H2,(H,20,22)(H,21,24). The highest BCUT2D eigenvalue weighted by atomic mass is 16.2. The molecule has 0 saturated heterocycles. The molecule has 0 atom stereocenters. The van der Waals surface area contributed by atoms with Crippen LogP contribution >= 0.6 is 0 Å². The van der Waals surface area contributed by atoms with E-state index in [4.69, 9.17) is 0 Å². The van der Waals surface area contributed by atoms with Gasteiger partial charge in [0.15, 0.2) is 5.78 Å². The van der Waals surface area contributed by atoms with Crippen LogP contribution in [0.25, 0.3) is 11.3 Å². The number of ketones is 1. The van der Waals surface area contributed by atoms with Crippen molar-refractivity contribution in [3.05, 3.63) is 72.4 Å². The van der Waals surface area contributed by atoms with E-state index in [0.29, 0.717) is 11.3 Å². The van der Waals surface area contributed by atoms with Crippen molar-refractivity contribution in [3.8, 4) is 11.3 Å². The number of nitrogens with one attached hydrogen (secondary N) is 2. The Hall–Kier alpha value is -3.21. The Morgan fingerprint density at radius 1 is 0.917 bits per heavy atom. The number of aromatic amines is 1. The van der Waals surface area contributed by atoms with Gasteiger partial charge in [-0.3, -0.25) is 14.7 Å². The molecule has 0 bridgehead atoms. The first-order chi connectivity index (χ1) is 11.7. The molecule has 2 aromatic carbocycles. The third-order valence-electron chi connectivity index (χ3n) is 3.66. The molecule has 0 unspecified atom stereocenters. The number of hydrogen-bond donors (Lipinski definition) is 2. The van der Waals surface area contributed by atoms with Crippen LogP contribution in [-0.4, -0.2) is 21.9 Å². The zero-order valence-corrected chi connectivity index (χ0v) is 13.0. The van der Waals surface area contributed by atoms with Crippen molar-refractivity contribution in [2.75, 3.05) is 5.32 Å². The number of aromatic nitrogens is 2. The van der Waals surface area contributed by atoms with Gasteiger partial charge in [0.05, 0.1) is 5.69 Å². The lowest BCUT2D eigenvalue weighted by Crippen LogP contribution is -2.13. The van der Waals surface area contributed by atoms with E-state index in [9.17, 15) is 9.59 Å². The van der Waals surface area contributed by atoms with Gasteiger partial charge in [-0.2, -0.15) is 5.10 Å². The first kappa shape index (κ1) is 15.7. The molecular formula is C19H17N3O2. The molecule has 0 saturated carbocycles. The lowest BCUT2D eigenvalue weighted by atomic mass is 10.1. The third kappa shape index (κ3) is 3.95. The average Bonchev–Trinajstić information content (AvgIpc) is 3.16. The molecule has 1 aromatic heterocycles. The van der Waals surface area contributed by atoms with E-state index in [0.717, 1.165) is 11.3 Å². The Balaban J connectivity index is 1.52. The van der Waals surface area contributed by atoms with E-state index in [1.54, 1.807) is 18.3 Å². The lowest BCUT2D eigenvalue weighted by Gasteiger charge is -2.06. The quantitative estimate of drug-likeness (QED) is 0.681. The molecule has 3 rings (SSSR count). The maximum absolute atomic E-state index is 12.0. The van der Waals surface area contributed by atoms with Crippen LogP contribution in [0, 0.1) is 0 Å². The van der Waals surface area contributed by atoms with Gasteiger partial charge in [0.1, 0.15) is 0 Å². The Morgan fingerprint density at radius 2 is 1.67 bits per heavy atom. The van der Waals surface area contributed by atoms with Crippen LogP contribution in [0.1, 0.15) is 23.2 Å². The summed E-state index contributed by atoms with van der Waals surface area (Å²) in [4.78, 5) is 24.0. The maximum Gasteiger partial charge on any atom is 0.224 e. The number of nitrogens with zero attached hydrogens (tertiary/aromatic N) is 1. The number of anilines is 1. The minimum atomic E-state index is -0.173. The highest BCUT2D eigenvalue weighted by Gasteiger charge is 2.09. The second-order valence-electron chi connectivity index (χ2n) is 5.39. The van der Waals surface area contributed by atoms with Gasteiger partial charge in [-0.1, -0.05) is 42.5 Å². The van der Waals surface area contributed by atoms with Crippen LogP contribution in [0.5, 0.6) is 0 Å². The summed E-state index contributed by atoms with van der Waals surface area (Å²) >= 11 is 0. The summed E-state index contributed by atoms with van der Waals surface area (Å²) in [5.74, 6) is -0.200. The van der Waals surface area contributed by atoms with Crippen molar-refractivity contribution in [1.29, 1.82) is 0 Å². The minimum absolute atomic E-state index is 0.0275. The van der Waals surface area contributed by atoms with Crippen molar-refractivity contribution < 1.29 is 9.59 Å². The monoisotopic (exact) mass is 319 g/mol. The van der Waals surface area contributed by atoms with Crippen molar-refractivity contribution in [2.24, 2.45) is 0 Å². The van der Waals surface area contributed by atoms with Crippen LogP contribution in [0.2, 0.25) is 0 Å². The zero-order valence-electron chi connectivity index (χ0n) is 13.0. The van der Waals surface area contributed by atoms with Gasteiger partial charge in [-0.05, 0) is 23.8 Å². The van der Waals surface area contributed by atoms with Gasteiger partial charge in [-0.25, -0.2) is 0 Å². The summed E-state index contributed by atoms with van der Waals surface area (Å²) in [5, 5.41) is 9.60. The fourth-order valence-corrected chi connectivity index (χ4v) is 2.37. The molecule has 2 N–H and O–H groups in total. The van der Waals surface area contributed by atoms with Crippen LogP contribution in [0.3, 0.4) is 0 Å². The van der Waals surface area contributed by atoms with Gasteiger partial charge >= 0.3 is 0 Å². The zero-order chi connectivity index (χ0) is 16.8. The van der Waals surface area contributed by atoms with E-state index in [1.165, 1.54) is 0 Å². The number of hydrogen-bond acceptors (Lipinski definition) is 3. The number of benzene rings is 2. The van der Waals surface area contributed by atoms with Crippen LogP contribution in [0.4, 0.5) is 5.69 Å². The molecule has 1 amide bonds. The van der Waals surface area contributed by atoms with Crippen molar-refractivity contribution in [1.82, 2.24) is 10.2 Å². The molecular weight excluding hydrogens is 302 g/mol. The number of rotatable bonds is 6. The topological polar surface area (TPSA) is 74.8 Å². The highest BCUT2D eigenvalue weighted by molar-refractivity contribution is 6.00. The van der Waals surface area contributed by atoms with Gasteiger partial charge in [0, 0.05) is 30.3 Å². The van der Waals surface area contributed by atoms with Gasteiger partial charge in [0.2, 0.25) is 5.91 Å².